The van der Waals surface area contributed by atoms with Crippen LogP contribution >= 0.6 is 22.6 Å². The zero-order valence-corrected chi connectivity index (χ0v) is 14.9. The van der Waals surface area contributed by atoms with Crippen molar-refractivity contribution >= 4 is 28.3 Å². The maximum atomic E-state index is 5.14. The van der Waals surface area contributed by atoms with Gasteiger partial charge in [0.05, 0.1) is 20.0 Å². The van der Waals surface area contributed by atoms with Crippen molar-refractivity contribution in [1.82, 2.24) is 14.7 Å². The molecular weight excluding hydrogens is 393 g/mol. The Morgan fingerprint density at radius 2 is 1.64 bits per heavy atom. The number of nitrogens with zero attached hydrogens (tertiary/aromatic N) is 5. The van der Waals surface area contributed by atoms with E-state index in [9.17, 15) is 0 Å². The molecule has 118 valence electrons. The number of halogens is 1. The lowest BCUT2D eigenvalue weighted by Crippen LogP contribution is -2.79. The fourth-order valence-corrected chi connectivity index (χ4v) is 4.41. The van der Waals surface area contributed by atoms with Gasteiger partial charge < -0.3 is 4.84 Å². The first-order chi connectivity index (χ1) is 10.7. The average Bonchev–Trinajstić information content (AvgIpc) is 2.46. The van der Waals surface area contributed by atoms with Crippen LogP contribution in [-0.2, 0) is 4.84 Å². The van der Waals surface area contributed by atoms with Gasteiger partial charge in [-0.2, -0.15) is 0 Å². The summed E-state index contributed by atoms with van der Waals surface area (Å²) in [5.41, 5.74) is 2.21. The van der Waals surface area contributed by atoms with Gasteiger partial charge in [0.15, 0.2) is 0 Å². The molecule has 0 amide bonds. The predicted octanol–water partition coefficient (Wildman–Crippen LogP) is 1.15. The van der Waals surface area contributed by atoms with Crippen LogP contribution in [0.2, 0.25) is 0 Å². The molecule has 4 aliphatic rings. The monoisotopic (exact) mass is 414 g/mol. The molecule has 4 heterocycles. The molecule has 22 heavy (non-hydrogen) atoms. The smallest absolute Gasteiger partial charge is 0.141 e. The van der Waals surface area contributed by atoms with Gasteiger partial charge in [-0.15, -0.1) is 0 Å². The van der Waals surface area contributed by atoms with Crippen LogP contribution in [0.1, 0.15) is 5.56 Å². The normalized spacial score (nSPS) is 36.6. The van der Waals surface area contributed by atoms with Crippen molar-refractivity contribution in [2.75, 3.05) is 53.7 Å². The molecule has 0 atom stereocenters. The highest BCUT2D eigenvalue weighted by Crippen LogP contribution is 2.29. The Morgan fingerprint density at radius 1 is 1.09 bits per heavy atom. The lowest BCUT2D eigenvalue weighted by Gasteiger charge is -2.60. The average molecular weight is 414 g/mol. The molecule has 1 aromatic rings. The van der Waals surface area contributed by atoms with Crippen LogP contribution in [0.25, 0.3) is 0 Å². The van der Waals surface area contributed by atoms with Gasteiger partial charge in [-0.1, -0.05) is 17.3 Å². The van der Waals surface area contributed by atoms with Gasteiger partial charge in [0.1, 0.15) is 39.4 Å². The molecule has 7 heteroatoms. The third-order valence-electron chi connectivity index (χ3n) is 4.56. The molecule has 4 bridgehead atoms. The number of benzene rings is 1. The van der Waals surface area contributed by atoms with Crippen LogP contribution < -0.4 is 0 Å². The van der Waals surface area contributed by atoms with Gasteiger partial charge in [-0.05, 0) is 34.7 Å². The van der Waals surface area contributed by atoms with E-state index in [1.54, 1.807) is 7.11 Å². The van der Waals surface area contributed by atoms with E-state index in [-0.39, 0.29) is 0 Å². The molecule has 0 saturated carbocycles. The van der Waals surface area contributed by atoms with E-state index in [0.717, 1.165) is 62.3 Å². The molecule has 4 saturated heterocycles. The molecule has 0 aliphatic carbocycles. The second-order valence-electron chi connectivity index (χ2n) is 6.59. The summed E-state index contributed by atoms with van der Waals surface area (Å²) >= 11 is 2.33. The second kappa shape index (κ2) is 5.72. The van der Waals surface area contributed by atoms with E-state index >= 15 is 0 Å². The number of rotatable bonds is 4. The summed E-state index contributed by atoms with van der Waals surface area (Å²) in [6.45, 7) is 7.57. The second-order valence-corrected chi connectivity index (χ2v) is 7.83. The highest BCUT2D eigenvalue weighted by Gasteiger charge is 2.49. The first kappa shape index (κ1) is 14.8. The summed E-state index contributed by atoms with van der Waals surface area (Å²) in [6, 6.07) is 8.55. The molecule has 0 unspecified atom stereocenters. The summed E-state index contributed by atoms with van der Waals surface area (Å²) in [4.78, 5) is 12.7. The molecule has 5 rings (SSSR count). The first-order valence-electron chi connectivity index (χ1n) is 7.54. The summed E-state index contributed by atoms with van der Waals surface area (Å²) in [5.74, 6) is 0. The van der Waals surface area contributed by atoms with Crippen LogP contribution in [0.5, 0.6) is 0 Å². The van der Waals surface area contributed by atoms with Gasteiger partial charge in [0.2, 0.25) is 0 Å². The molecule has 0 aromatic heterocycles. The fourth-order valence-electron chi connectivity index (χ4n) is 4.05. The van der Waals surface area contributed by atoms with E-state index in [0.29, 0.717) is 0 Å². The van der Waals surface area contributed by atoms with Crippen molar-refractivity contribution in [2.45, 2.75) is 0 Å². The minimum absolute atomic E-state index is 0.915. The summed E-state index contributed by atoms with van der Waals surface area (Å²) in [6.07, 6.45) is 0. The molecule has 0 radical (unpaired) electrons. The highest BCUT2D eigenvalue weighted by atomic mass is 127. The van der Waals surface area contributed by atoms with E-state index in [1.807, 2.05) is 0 Å². The lowest BCUT2D eigenvalue weighted by molar-refractivity contribution is -0.972. The number of hydrogen-bond acceptors (Lipinski definition) is 5. The summed E-state index contributed by atoms with van der Waals surface area (Å²) < 4.78 is 2.28. The standard InChI is InChI=1S/C15H21IN5O/c1-22-17-15(13-2-4-14(16)5-3-13)6-21-10-18-7-19(11-21)9-20(8-18)12-21/h2-5H,6-12H2,1H3/q+1/b17-15-. The number of hydrogen-bond donors (Lipinski definition) is 0. The Hall–Kier alpha value is -0.740. The Bertz CT molecular complexity index is 553. The Morgan fingerprint density at radius 3 is 2.14 bits per heavy atom. The Kier molecular flexibility index (Phi) is 3.85. The van der Waals surface area contributed by atoms with Gasteiger partial charge in [-0.25, -0.2) is 14.7 Å². The zero-order chi connectivity index (χ0) is 15.2. The fraction of sp³-hybridized carbons (Fsp3) is 0.533. The molecule has 0 spiro atoms. The highest BCUT2D eigenvalue weighted by molar-refractivity contribution is 14.1. The van der Waals surface area contributed by atoms with Crippen molar-refractivity contribution in [1.29, 1.82) is 0 Å². The Labute approximate surface area is 144 Å². The minimum Gasteiger partial charge on any atom is -0.399 e. The number of quaternary nitrogens is 1. The quantitative estimate of drug-likeness (QED) is 0.320. The van der Waals surface area contributed by atoms with Crippen molar-refractivity contribution < 1.29 is 9.32 Å². The van der Waals surface area contributed by atoms with Crippen LogP contribution in [0.3, 0.4) is 0 Å². The zero-order valence-electron chi connectivity index (χ0n) is 12.8. The summed E-state index contributed by atoms with van der Waals surface area (Å²) in [7, 11) is 1.63. The van der Waals surface area contributed by atoms with E-state index in [2.05, 4.69) is 66.7 Å². The van der Waals surface area contributed by atoms with Crippen LogP contribution in [0.4, 0.5) is 0 Å². The third kappa shape index (κ3) is 2.76. The molecular formula is C15H21IN5O+. The largest absolute Gasteiger partial charge is 0.399 e. The first-order valence-corrected chi connectivity index (χ1v) is 8.62. The van der Waals surface area contributed by atoms with E-state index in [1.165, 1.54) is 3.57 Å². The van der Waals surface area contributed by atoms with Gasteiger partial charge in [0, 0.05) is 9.13 Å². The van der Waals surface area contributed by atoms with E-state index < -0.39 is 0 Å². The van der Waals surface area contributed by atoms with Gasteiger partial charge in [-0.3, -0.25) is 4.48 Å². The van der Waals surface area contributed by atoms with Gasteiger partial charge in [0.25, 0.3) is 0 Å². The molecule has 4 aliphatic heterocycles. The maximum Gasteiger partial charge on any atom is 0.141 e. The molecule has 0 N–H and O–H groups in total. The molecule has 4 fully saturated rings. The predicted molar refractivity (Wildman–Crippen MR) is 92.6 cm³/mol. The van der Waals surface area contributed by atoms with Crippen molar-refractivity contribution in [3.8, 4) is 0 Å². The van der Waals surface area contributed by atoms with Crippen molar-refractivity contribution in [3.05, 3.63) is 33.4 Å². The SMILES string of the molecule is CO/N=C(/C[N+]12CN3CN(CN(C3)C1)C2)c1ccc(I)cc1. The van der Waals surface area contributed by atoms with Crippen LogP contribution in [0.15, 0.2) is 29.4 Å². The van der Waals surface area contributed by atoms with Crippen LogP contribution in [0, 0.1) is 3.57 Å². The minimum atomic E-state index is 0.915. The van der Waals surface area contributed by atoms with Crippen molar-refractivity contribution in [3.63, 3.8) is 0 Å². The Balaban J connectivity index is 1.59. The molecule has 1 aromatic carbocycles. The molecule has 6 nitrogen and oxygen atoms in total. The number of oxime groups is 1. The van der Waals surface area contributed by atoms with Crippen LogP contribution in [-0.4, -0.2) is 78.6 Å². The topological polar surface area (TPSA) is 31.3 Å². The lowest BCUT2D eigenvalue weighted by atomic mass is 10.1. The maximum absolute atomic E-state index is 5.14. The van der Waals surface area contributed by atoms with Gasteiger partial charge >= 0.3 is 0 Å². The third-order valence-corrected chi connectivity index (χ3v) is 5.28. The van der Waals surface area contributed by atoms with E-state index in [4.69, 9.17) is 4.84 Å². The van der Waals surface area contributed by atoms with Crippen molar-refractivity contribution in [2.24, 2.45) is 5.16 Å². The summed E-state index contributed by atoms with van der Waals surface area (Å²) in [5, 5.41) is 4.34.